The van der Waals surface area contributed by atoms with Crippen LogP contribution in [0.2, 0.25) is 5.02 Å². The highest BCUT2D eigenvalue weighted by molar-refractivity contribution is 8.00. The van der Waals surface area contributed by atoms with E-state index in [1.807, 2.05) is 0 Å². The van der Waals surface area contributed by atoms with E-state index in [9.17, 15) is 28.4 Å². The van der Waals surface area contributed by atoms with Crippen LogP contribution in [0.5, 0.6) is 0 Å². The molecule has 3 atom stereocenters. The molecule has 1 aromatic heterocycles. The summed E-state index contributed by atoms with van der Waals surface area (Å²) >= 11 is 8.00. The number of hydrogen-bond acceptors (Lipinski definition) is 8. The van der Waals surface area contributed by atoms with Gasteiger partial charge in [-0.25, -0.2) is 14.1 Å². The molecule has 0 saturated carbocycles. The maximum atomic E-state index is 13.9. The minimum absolute atomic E-state index is 0.234. The predicted octanol–water partition coefficient (Wildman–Crippen LogP) is 5.31. The van der Waals surface area contributed by atoms with Gasteiger partial charge >= 0.3 is 10.8 Å². The number of halogens is 2. The molecule has 4 aromatic rings. The summed E-state index contributed by atoms with van der Waals surface area (Å²) in [6.07, 6.45) is 0. The molecule has 0 spiro atoms. The van der Waals surface area contributed by atoms with Crippen molar-refractivity contribution in [2.75, 3.05) is 16.8 Å². The number of carbonyl (C=O) groups is 4. The average Bonchev–Trinajstić information content (AvgIpc) is 3.45. The predicted molar refractivity (Wildman–Crippen MR) is 165 cm³/mol. The number of esters is 1. The highest BCUT2D eigenvalue weighted by atomic mass is 35.5. The Morgan fingerprint density at radius 2 is 1.64 bits per heavy atom. The molecule has 1 saturated heterocycles. The van der Waals surface area contributed by atoms with Gasteiger partial charge < -0.3 is 10.1 Å². The third-order valence-electron chi connectivity index (χ3n) is 7.34. The Hall–Kier alpha value is -4.26. The first kappa shape index (κ1) is 29.8. The Morgan fingerprint density at radius 3 is 2.30 bits per heavy atom. The molecule has 2 aliphatic heterocycles. The number of nitrogens with one attached hydrogen (secondary N) is 1. The number of nitrogens with zero attached hydrogens (tertiary/aromatic N) is 2. The second kappa shape index (κ2) is 12.0. The number of hydrogen-bond donors (Lipinski definition) is 1. The van der Waals surface area contributed by atoms with Crippen LogP contribution < -0.4 is 15.1 Å². The zero-order valence-electron chi connectivity index (χ0n) is 23.0. The fraction of sp³-hybridized carbons (Fsp3) is 0.194. The molecule has 1 N–H and O–H groups in total. The van der Waals surface area contributed by atoms with Crippen LogP contribution in [0.15, 0.2) is 82.6 Å². The Bertz CT molecular complexity index is 1840. The normalized spacial score (nSPS) is 19.0. The number of rotatable bonds is 7. The molecule has 2 unspecified atom stereocenters. The number of fused-ring (bicyclic) bond motifs is 2. The molecule has 3 amide bonds. The molecule has 0 bridgehead atoms. The van der Waals surface area contributed by atoms with Crippen molar-refractivity contribution in [3.63, 3.8) is 0 Å². The Balaban J connectivity index is 1.33. The van der Waals surface area contributed by atoms with Crippen molar-refractivity contribution >= 4 is 69.8 Å². The van der Waals surface area contributed by atoms with Crippen LogP contribution in [0.25, 0.3) is 0 Å². The summed E-state index contributed by atoms with van der Waals surface area (Å²) in [6.45, 7) is 1.58. The van der Waals surface area contributed by atoms with Crippen LogP contribution in [0.3, 0.4) is 0 Å². The largest absolute Gasteiger partial charge is 0.462 e. The van der Waals surface area contributed by atoms with Crippen LogP contribution in [0, 0.1) is 11.7 Å². The second-order valence-electron chi connectivity index (χ2n) is 10.1. The molecule has 0 radical (unpaired) electrons. The molecular formula is C31H23ClFN3O6S2. The van der Waals surface area contributed by atoms with E-state index in [4.69, 9.17) is 16.3 Å². The maximum Gasteiger partial charge on any atom is 0.338 e. The van der Waals surface area contributed by atoms with Gasteiger partial charge in [-0.2, -0.15) is 0 Å². The van der Waals surface area contributed by atoms with Crippen molar-refractivity contribution in [3.05, 3.63) is 109 Å². The van der Waals surface area contributed by atoms with Crippen molar-refractivity contribution < 1.29 is 28.3 Å². The van der Waals surface area contributed by atoms with Crippen LogP contribution in [-0.4, -0.2) is 40.1 Å². The molecule has 3 heterocycles. The number of carbonyl (C=O) groups excluding carboxylic acids is 4. The Kier molecular flexibility index (Phi) is 8.14. The van der Waals surface area contributed by atoms with Gasteiger partial charge in [-0.05, 0) is 73.2 Å². The molecule has 1 fully saturated rings. The summed E-state index contributed by atoms with van der Waals surface area (Å²) < 4.78 is 20.2. The molecule has 6 rings (SSSR count). The van der Waals surface area contributed by atoms with E-state index in [1.165, 1.54) is 28.8 Å². The number of anilines is 2. The third-order valence-corrected chi connectivity index (χ3v) is 10.2. The molecule has 3 aromatic carbocycles. The standard InChI is InChI=1S/C31H23ClFN3O6S2/c1-2-42-30(40)17-5-11-20(12-6-17)34-22(37)15-35-29-26(44-31(35)41)23(16-3-9-19(33)10-4-16)24-25(43-29)28(39)36(27(24)38)21-13-7-18(32)8-14-21/h3-14,23-25H,2,15H2,1H3,(H,34,37)/t23-,24?,25?/m1/s1. The van der Waals surface area contributed by atoms with Gasteiger partial charge in [0.2, 0.25) is 17.7 Å². The summed E-state index contributed by atoms with van der Waals surface area (Å²) in [6, 6.07) is 18.1. The zero-order valence-corrected chi connectivity index (χ0v) is 25.4. The smallest absolute Gasteiger partial charge is 0.338 e. The van der Waals surface area contributed by atoms with Crippen LogP contribution in [0.4, 0.5) is 15.8 Å². The minimum atomic E-state index is -0.889. The van der Waals surface area contributed by atoms with Crippen LogP contribution >= 0.6 is 34.7 Å². The minimum Gasteiger partial charge on any atom is -0.462 e. The number of ether oxygens (including phenoxy) is 1. The van der Waals surface area contributed by atoms with Gasteiger partial charge in [-0.15, -0.1) is 0 Å². The molecule has 13 heteroatoms. The average molecular weight is 652 g/mol. The SMILES string of the molecule is CCOC(=O)c1ccc(NC(=O)Cn2c3c(sc2=O)[C@H](c2ccc(F)cc2)C2C(=O)N(c4ccc(Cl)cc4)C(=O)C2S3)cc1. The van der Waals surface area contributed by atoms with Gasteiger partial charge in [0.25, 0.3) is 0 Å². The van der Waals surface area contributed by atoms with Gasteiger partial charge in [0.05, 0.1) is 28.8 Å². The van der Waals surface area contributed by atoms with E-state index in [0.717, 1.165) is 28.0 Å². The number of thiazole rings is 1. The fourth-order valence-corrected chi connectivity index (χ4v) is 8.28. The number of aromatic nitrogens is 1. The lowest BCUT2D eigenvalue weighted by Crippen LogP contribution is -2.33. The summed E-state index contributed by atoms with van der Waals surface area (Å²) in [4.78, 5) is 67.2. The molecule has 44 heavy (non-hydrogen) atoms. The highest BCUT2D eigenvalue weighted by Gasteiger charge is 2.56. The van der Waals surface area contributed by atoms with E-state index >= 15 is 0 Å². The van der Waals surface area contributed by atoms with Crippen molar-refractivity contribution in [1.82, 2.24) is 4.57 Å². The second-order valence-corrected chi connectivity index (χ2v) is 12.6. The van der Waals surface area contributed by atoms with Crippen LogP contribution in [-0.2, 0) is 25.7 Å². The van der Waals surface area contributed by atoms with E-state index < -0.39 is 51.5 Å². The van der Waals surface area contributed by atoms with Crippen molar-refractivity contribution in [3.8, 4) is 0 Å². The first-order valence-electron chi connectivity index (χ1n) is 13.5. The van der Waals surface area contributed by atoms with E-state index in [0.29, 0.717) is 37.4 Å². The first-order chi connectivity index (χ1) is 21.2. The monoisotopic (exact) mass is 651 g/mol. The van der Waals surface area contributed by atoms with Crippen molar-refractivity contribution in [2.24, 2.45) is 5.92 Å². The summed E-state index contributed by atoms with van der Waals surface area (Å²) in [5.41, 5.74) is 1.68. The first-order valence-corrected chi connectivity index (χ1v) is 15.6. The molecular weight excluding hydrogens is 629 g/mol. The lowest BCUT2D eigenvalue weighted by atomic mass is 9.83. The topological polar surface area (TPSA) is 115 Å². The zero-order chi connectivity index (χ0) is 31.1. The summed E-state index contributed by atoms with van der Waals surface area (Å²) in [5.74, 6) is -3.93. The van der Waals surface area contributed by atoms with Gasteiger partial charge in [0.15, 0.2) is 0 Å². The molecule has 224 valence electrons. The molecule has 9 nitrogen and oxygen atoms in total. The fourth-order valence-electron chi connectivity index (χ4n) is 5.38. The molecule has 2 aliphatic rings. The van der Waals surface area contributed by atoms with Crippen molar-refractivity contribution in [1.29, 1.82) is 0 Å². The number of thioether (sulfide) groups is 1. The lowest BCUT2D eigenvalue weighted by molar-refractivity contribution is -0.122. The lowest BCUT2D eigenvalue weighted by Gasteiger charge is -2.30. The molecule has 0 aliphatic carbocycles. The van der Waals surface area contributed by atoms with E-state index in [1.54, 1.807) is 55.5 Å². The third kappa shape index (κ3) is 5.44. The van der Waals surface area contributed by atoms with E-state index in [2.05, 4.69) is 5.32 Å². The Morgan fingerprint density at radius 1 is 0.955 bits per heavy atom. The summed E-state index contributed by atoms with van der Waals surface area (Å²) in [7, 11) is 0. The van der Waals surface area contributed by atoms with Gasteiger partial charge in [0, 0.05) is 21.5 Å². The number of amides is 3. The van der Waals surface area contributed by atoms with Gasteiger partial charge in [-0.3, -0.25) is 23.7 Å². The van der Waals surface area contributed by atoms with Crippen LogP contribution in [0.1, 0.15) is 33.6 Å². The van der Waals surface area contributed by atoms with Crippen molar-refractivity contribution in [2.45, 2.75) is 29.7 Å². The number of imide groups is 1. The van der Waals surface area contributed by atoms with Gasteiger partial charge in [-0.1, -0.05) is 46.8 Å². The summed E-state index contributed by atoms with van der Waals surface area (Å²) in [5, 5.41) is 2.68. The van der Waals surface area contributed by atoms with Gasteiger partial charge in [0.1, 0.15) is 17.6 Å². The number of benzene rings is 3. The maximum absolute atomic E-state index is 13.9. The van der Waals surface area contributed by atoms with E-state index in [-0.39, 0.29) is 13.2 Å². The highest BCUT2D eigenvalue weighted by Crippen LogP contribution is 2.53. The Labute approximate surface area is 263 Å². The quantitative estimate of drug-likeness (QED) is 0.213.